The van der Waals surface area contributed by atoms with Crippen LogP contribution in [0.5, 0.6) is 5.75 Å². The van der Waals surface area contributed by atoms with Crippen LogP contribution in [0.1, 0.15) is 31.4 Å². The standard InChI is InChI=1S/C35H36Cl2FN3O5S/c1-3-20-39-35(43)33(21-25-8-6-5-7-9-25)40(23-26-10-11-27(36)22-32(26)37)34(42)24-41(29-14-12-28(38)13-15-29)47(44,45)31-18-16-30(17-19-31)46-4-2/h5-19,22,33H,3-4,20-21,23-24H2,1-2H3,(H,39,43)/t33-/m0/s1. The van der Waals surface area contributed by atoms with Crippen LogP contribution >= 0.6 is 23.2 Å². The van der Waals surface area contributed by atoms with E-state index in [4.69, 9.17) is 27.9 Å². The summed E-state index contributed by atoms with van der Waals surface area (Å²) < 4.78 is 48.6. The molecule has 12 heteroatoms. The molecule has 0 unspecified atom stereocenters. The summed E-state index contributed by atoms with van der Waals surface area (Å²) >= 11 is 12.7. The Morgan fingerprint density at radius 3 is 2.21 bits per heavy atom. The molecule has 0 saturated heterocycles. The van der Waals surface area contributed by atoms with Crippen LogP contribution in [0.25, 0.3) is 0 Å². The molecule has 0 spiro atoms. The largest absolute Gasteiger partial charge is 0.494 e. The second kappa shape index (κ2) is 16.6. The van der Waals surface area contributed by atoms with Crippen molar-refractivity contribution in [2.45, 2.75) is 44.2 Å². The van der Waals surface area contributed by atoms with Crippen LogP contribution < -0.4 is 14.4 Å². The summed E-state index contributed by atoms with van der Waals surface area (Å²) in [6.07, 6.45) is 0.814. The van der Waals surface area contributed by atoms with Crippen molar-refractivity contribution >= 4 is 50.7 Å². The Morgan fingerprint density at radius 1 is 0.915 bits per heavy atom. The van der Waals surface area contributed by atoms with Crippen LogP contribution in [0.2, 0.25) is 10.0 Å². The van der Waals surface area contributed by atoms with Gasteiger partial charge in [-0.3, -0.25) is 13.9 Å². The fraction of sp³-hybridized carbons (Fsp3) is 0.257. The maximum absolute atomic E-state index is 14.5. The van der Waals surface area contributed by atoms with Crippen LogP contribution in [-0.4, -0.2) is 50.9 Å². The Bertz CT molecular complexity index is 1760. The van der Waals surface area contributed by atoms with Crippen molar-refractivity contribution < 1.29 is 27.1 Å². The van der Waals surface area contributed by atoms with Gasteiger partial charge in [-0.1, -0.05) is 66.5 Å². The van der Waals surface area contributed by atoms with Gasteiger partial charge in [0.15, 0.2) is 0 Å². The van der Waals surface area contributed by atoms with E-state index in [1.807, 2.05) is 44.2 Å². The van der Waals surface area contributed by atoms with Crippen molar-refractivity contribution in [2.24, 2.45) is 0 Å². The van der Waals surface area contributed by atoms with Gasteiger partial charge in [0, 0.05) is 29.6 Å². The highest BCUT2D eigenvalue weighted by Crippen LogP contribution is 2.28. The molecule has 47 heavy (non-hydrogen) atoms. The van der Waals surface area contributed by atoms with E-state index < -0.39 is 40.2 Å². The number of carbonyl (C=O) groups excluding carboxylic acids is 2. The molecule has 0 aliphatic carbocycles. The fourth-order valence-corrected chi connectivity index (χ4v) is 6.77. The molecule has 1 N–H and O–H groups in total. The molecule has 0 aliphatic rings. The van der Waals surface area contributed by atoms with Gasteiger partial charge in [0.2, 0.25) is 11.8 Å². The van der Waals surface area contributed by atoms with E-state index in [0.29, 0.717) is 35.9 Å². The lowest BCUT2D eigenvalue weighted by atomic mass is 10.0. The molecule has 248 valence electrons. The Kier molecular flexibility index (Phi) is 12.6. The topological polar surface area (TPSA) is 96.0 Å². The molecule has 2 amide bonds. The van der Waals surface area contributed by atoms with Gasteiger partial charge in [0.05, 0.1) is 17.2 Å². The third kappa shape index (κ3) is 9.47. The molecular formula is C35H36Cl2FN3O5S. The van der Waals surface area contributed by atoms with Gasteiger partial charge >= 0.3 is 0 Å². The summed E-state index contributed by atoms with van der Waals surface area (Å²) in [4.78, 5) is 29.4. The molecule has 0 saturated carbocycles. The molecule has 0 radical (unpaired) electrons. The average molecular weight is 701 g/mol. The average Bonchev–Trinajstić information content (AvgIpc) is 3.06. The molecule has 0 fully saturated rings. The summed E-state index contributed by atoms with van der Waals surface area (Å²) in [6.45, 7) is 3.68. The van der Waals surface area contributed by atoms with Gasteiger partial charge in [-0.05, 0) is 85.1 Å². The fourth-order valence-electron chi connectivity index (χ4n) is 4.89. The van der Waals surface area contributed by atoms with Crippen LogP contribution in [0.4, 0.5) is 10.1 Å². The van der Waals surface area contributed by atoms with Gasteiger partial charge in [-0.25, -0.2) is 12.8 Å². The van der Waals surface area contributed by atoms with Crippen molar-refractivity contribution in [1.82, 2.24) is 10.2 Å². The predicted molar refractivity (Wildman–Crippen MR) is 183 cm³/mol. The van der Waals surface area contributed by atoms with E-state index in [1.165, 1.54) is 47.4 Å². The summed E-state index contributed by atoms with van der Waals surface area (Å²) in [5.41, 5.74) is 1.36. The van der Waals surface area contributed by atoms with Crippen LogP contribution in [0.15, 0.2) is 102 Å². The molecular weight excluding hydrogens is 664 g/mol. The predicted octanol–water partition coefficient (Wildman–Crippen LogP) is 6.89. The Morgan fingerprint density at radius 2 is 1.60 bits per heavy atom. The molecule has 0 aromatic heterocycles. The Labute approximate surface area is 285 Å². The zero-order valence-corrected chi connectivity index (χ0v) is 28.4. The van der Waals surface area contributed by atoms with Gasteiger partial charge in [-0.15, -0.1) is 0 Å². The summed E-state index contributed by atoms with van der Waals surface area (Å²) in [5.74, 6) is -1.18. The first-order valence-corrected chi connectivity index (χ1v) is 17.3. The third-order valence-electron chi connectivity index (χ3n) is 7.29. The number of nitrogens with one attached hydrogen (secondary N) is 1. The van der Waals surface area contributed by atoms with Crippen molar-refractivity contribution in [3.63, 3.8) is 0 Å². The first kappa shape index (κ1) is 35.7. The number of anilines is 1. The van der Waals surface area contributed by atoms with E-state index in [0.717, 1.165) is 22.0 Å². The molecule has 1 atom stereocenters. The first-order valence-electron chi connectivity index (χ1n) is 15.1. The number of sulfonamides is 1. The lowest BCUT2D eigenvalue weighted by molar-refractivity contribution is -0.140. The lowest BCUT2D eigenvalue weighted by Crippen LogP contribution is -2.53. The highest BCUT2D eigenvalue weighted by Gasteiger charge is 2.35. The minimum Gasteiger partial charge on any atom is -0.494 e. The number of ether oxygens (including phenoxy) is 1. The minimum absolute atomic E-state index is 0.0631. The van der Waals surface area contributed by atoms with E-state index >= 15 is 0 Å². The van der Waals surface area contributed by atoms with E-state index in [2.05, 4.69) is 5.32 Å². The van der Waals surface area contributed by atoms with Crippen LogP contribution in [0, 0.1) is 5.82 Å². The van der Waals surface area contributed by atoms with Gasteiger partial charge < -0.3 is 15.0 Å². The maximum atomic E-state index is 14.5. The highest BCUT2D eigenvalue weighted by molar-refractivity contribution is 7.92. The van der Waals surface area contributed by atoms with Gasteiger partial charge in [0.1, 0.15) is 24.2 Å². The van der Waals surface area contributed by atoms with Crippen LogP contribution in [0.3, 0.4) is 0 Å². The van der Waals surface area contributed by atoms with E-state index in [-0.39, 0.29) is 28.6 Å². The lowest BCUT2D eigenvalue weighted by Gasteiger charge is -2.34. The summed E-state index contributed by atoms with van der Waals surface area (Å²) in [6, 6.07) is 23.6. The monoisotopic (exact) mass is 699 g/mol. The zero-order chi connectivity index (χ0) is 34.0. The quantitative estimate of drug-likeness (QED) is 0.146. The molecule has 4 rings (SSSR count). The molecule has 0 bridgehead atoms. The minimum atomic E-state index is -4.37. The van der Waals surface area contributed by atoms with E-state index in [1.54, 1.807) is 12.1 Å². The number of benzene rings is 4. The first-order chi connectivity index (χ1) is 22.5. The number of amides is 2. The van der Waals surface area contributed by atoms with E-state index in [9.17, 15) is 22.4 Å². The SMILES string of the molecule is CCCNC(=O)[C@H](Cc1ccccc1)N(Cc1ccc(Cl)cc1Cl)C(=O)CN(c1ccc(F)cc1)S(=O)(=O)c1ccc(OCC)cc1. The zero-order valence-electron chi connectivity index (χ0n) is 26.0. The van der Waals surface area contributed by atoms with Crippen molar-refractivity contribution in [1.29, 1.82) is 0 Å². The molecule has 4 aromatic carbocycles. The molecule has 0 aliphatic heterocycles. The number of carbonyl (C=O) groups is 2. The van der Waals surface area contributed by atoms with Crippen molar-refractivity contribution in [3.8, 4) is 5.75 Å². The van der Waals surface area contributed by atoms with Gasteiger partial charge in [-0.2, -0.15) is 0 Å². The normalized spacial score (nSPS) is 11.9. The second-order valence-corrected chi connectivity index (χ2v) is 13.4. The summed E-state index contributed by atoms with van der Waals surface area (Å²) in [7, 11) is -4.37. The molecule has 8 nitrogen and oxygen atoms in total. The smallest absolute Gasteiger partial charge is 0.264 e. The summed E-state index contributed by atoms with van der Waals surface area (Å²) in [5, 5.41) is 3.56. The van der Waals surface area contributed by atoms with Crippen molar-refractivity contribution in [3.05, 3.63) is 124 Å². The number of hydrogen-bond donors (Lipinski definition) is 1. The number of halogens is 3. The highest BCUT2D eigenvalue weighted by atomic mass is 35.5. The molecule has 0 heterocycles. The number of nitrogens with zero attached hydrogens (tertiary/aromatic N) is 2. The maximum Gasteiger partial charge on any atom is 0.264 e. The third-order valence-corrected chi connectivity index (χ3v) is 9.67. The Balaban J connectivity index is 1.80. The Hall–Kier alpha value is -4.12. The number of rotatable bonds is 15. The van der Waals surface area contributed by atoms with Crippen LogP contribution in [-0.2, 0) is 32.6 Å². The van der Waals surface area contributed by atoms with Gasteiger partial charge in [0.25, 0.3) is 10.0 Å². The second-order valence-electron chi connectivity index (χ2n) is 10.6. The number of hydrogen-bond acceptors (Lipinski definition) is 5. The molecule has 4 aromatic rings. The van der Waals surface area contributed by atoms with Crippen molar-refractivity contribution in [2.75, 3.05) is 24.0 Å².